The maximum Gasteiger partial charge on any atom is 0.416 e. The zero-order chi connectivity index (χ0) is 20.5. The number of fused-ring (bicyclic) bond motifs is 1. The number of pyridine rings is 1. The Hall–Kier alpha value is -3.60. The Labute approximate surface area is 157 Å². The van der Waals surface area contributed by atoms with Gasteiger partial charge in [-0.25, -0.2) is 9.37 Å². The predicted molar refractivity (Wildman–Crippen MR) is 97.0 cm³/mol. The van der Waals surface area contributed by atoms with E-state index in [1.165, 1.54) is 18.3 Å². The Bertz CT molecular complexity index is 1130. The summed E-state index contributed by atoms with van der Waals surface area (Å²) in [6.07, 6.45) is -1.33. The summed E-state index contributed by atoms with van der Waals surface area (Å²) < 4.78 is 52.4. The van der Waals surface area contributed by atoms with E-state index >= 15 is 0 Å². The van der Waals surface area contributed by atoms with Gasteiger partial charge in [0.15, 0.2) is 5.83 Å². The number of benzene rings is 1. The summed E-state index contributed by atoms with van der Waals surface area (Å²) in [5.74, 6) is 3.59. The second-order valence-electron chi connectivity index (χ2n) is 5.93. The van der Waals surface area contributed by atoms with Crippen LogP contribution >= 0.6 is 0 Å². The lowest BCUT2D eigenvalue weighted by atomic mass is 10.1. The minimum atomic E-state index is -4.40. The first-order chi connectivity index (χ1) is 13.1. The van der Waals surface area contributed by atoms with E-state index < -0.39 is 23.5 Å². The molecule has 1 amide bonds. The van der Waals surface area contributed by atoms with Crippen molar-refractivity contribution in [2.75, 3.05) is 5.32 Å². The highest BCUT2D eigenvalue weighted by Gasteiger charge is 2.29. The molecule has 0 bridgehead atoms. The lowest BCUT2D eigenvalue weighted by molar-refractivity contribution is -0.137. The van der Waals surface area contributed by atoms with Crippen LogP contribution in [0.4, 0.5) is 23.2 Å². The molecule has 1 N–H and O–H groups in total. The number of carbonyl (C=O) groups excluding carboxylic acids is 1. The zero-order valence-electron chi connectivity index (χ0n) is 14.6. The van der Waals surface area contributed by atoms with E-state index in [2.05, 4.69) is 28.7 Å². The van der Waals surface area contributed by atoms with Crippen molar-refractivity contribution in [1.82, 2.24) is 9.55 Å². The summed E-state index contributed by atoms with van der Waals surface area (Å²) in [6, 6.07) is 6.09. The second-order valence-corrected chi connectivity index (χ2v) is 5.93. The van der Waals surface area contributed by atoms with Crippen molar-refractivity contribution in [2.24, 2.45) is 7.05 Å². The van der Waals surface area contributed by atoms with E-state index in [9.17, 15) is 22.4 Å². The van der Waals surface area contributed by atoms with Gasteiger partial charge in [-0.3, -0.25) is 4.79 Å². The van der Waals surface area contributed by atoms with E-state index in [1.807, 2.05) is 0 Å². The maximum atomic E-state index is 12.9. The number of aryl methyl sites for hydroxylation is 1. The number of amides is 1. The number of hydrogen-bond acceptors (Lipinski definition) is 2. The molecule has 3 aromatic rings. The van der Waals surface area contributed by atoms with Crippen molar-refractivity contribution in [3.8, 4) is 11.8 Å². The quantitative estimate of drug-likeness (QED) is 0.402. The van der Waals surface area contributed by atoms with Gasteiger partial charge in [-0.15, -0.1) is 0 Å². The molecule has 0 fully saturated rings. The number of hydrogen-bond donors (Lipinski definition) is 1. The van der Waals surface area contributed by atoms with Crippen LogP contribution < -0.4 is 5.32 Å². The van der Waals surface area contributed by atoms with Crippen LogP contribution in [-0.4, -0.2) is 15.5 Å². The number of nitrogens with one attached hydrogen (secondary N) is 1. The highest BCUT2D eigenvalue weighted by Crippen LogP contribution is 2.29. The van der Waals surface area contributed by atoms with Gasteiger partial charge in [-0.1, -0.05) is 18.4 Å². The van der Waals surface area contributed by atoms with E-state index in [-0.39, 0.29) is 5.69 Å². The number of anilines is 1. The van der Waals surface area contributed by atoms with Crippen LogP contribution in [0.1, 0.15) is 16.7 Å². The molecule has 28 heavy (non-hydrogen) atoms. The monoisotopic (exact) mass is 387 g/mol. The molecule has 0 radical (unpaired) electrons. The lowest BCUT2D eigenvalue weighted by Crippen LogP contribution is -2.11. The van der Waals surface area contributed by atoms with Gasteiger partial charge in [0.1, 0.15) is 5.65 Å². The normalized spacial score (nSPS) is 11.0. The van der Waals surface area contributed by atoms with Crippen LogP contribution in [0.5, 0.6) is 0 Å². The van der Waals surface area contributed by atoms with Crippen molar-refractivity contribution >= 4 is 22.6 Å². The Morgan fingerprint density at radius 2 is 1.89 bits per heavy atom. The fourth-order valence-electron chi connectivity index (χ4n) is 2.51. The first-order valence-electron chi connectivity index (χ1n) is 7.95. The summed E-state index contributed by atoms with van der Waals surface area (Å²) in [5, 5.41) is 2.93. The van der Waals surface area contributed by atoms with Gasteiger partial charge in [0.05, 0.1) is 23.0 Å². The molecule has 1 aromatic carbocycles. The third-order valence-corrected chi connectivity index (χ3v) is 3.87. The van der Waals surface area contributed by atoms with E-state index in [4.69, 9.17) is 0 Å². The average Bonchev–Trinajstić information content (AvgIpc) is 2.95. The largest absolute Gasteiger partial charge is 0.416 e. The van der Waals surface area contributed by atoms with E-state index in [0.717, 1.165) is 12.1 Å². The number of carbonyl (C=O) groups is 1. The number of nitrogens with zero attached hydrogens (tertiary/aromatic N) is 2. The van der Waals surface area contributed by atoms with Gasteiger partial charge in [-0.2, -0.15) is 13.2 Å². The van der Waals surface area contributed by atoms with Crippen molar-refractivity contribution in [3.63, 3.8) is 0 Å². The molecular weight excluding hydrogens is 374 g/mol. The molecule has 0 aliphatic heterocycles. The van der Waals surface area contributed by atoms with Crippen LogP contribution in [0, 0.1) is 11.8 Å². The van der Waals surface area contributed by atoms with Crippen LogP contribution in [0.25, 0.3) is 11.0 Å². The first-order valence-corrected chi connectivity index (χ1v) is 7.95. The van der Waals surface area contributed by atoms with Crippen LogP contribution in [0.3, 0.4) is 0 Å². The average molecular weight is 387 g/mol. The molecule has 3 rings (SSSR count). The fraction of sp³-hybridized carbons (Fsp3) is 0.100. The topological polar surface area (TPSA) is 46.9 Å². The standard InChI is InChI=1S/C20H13F4N3O/c1-12(21)19(28)26-16-9-17-14(11-27(2)18(17)25-10-16)6-3-13-4-7-15(8-5-13)20(22,23)24/h4-5,7-11H,1H2,2H3,(H,26,28). The molecule has 8 heteroatoms. The molecule has 0 atom stereocenters. The van der Waals surface area contributed by atoms with Gasteiger partial charge in [0.25, 0.3) is 5.91 Å². The fourth-order valence-corrected chi connectivity index (χ4v) is 2.51. The highest BCUT2D eigenvalue weighted by molar-refractivity contribution is 6.02. The molecule has 142 valence electrons. The smallest absolute Gasteiger partial charge is 0.334 e. The van der Waals surface area contributed by atoms with Crippen molar-refractivity contribution in [1.29, 1.82) is 0 Å². The molecule has 0 aliphatic rings. The zero-order valence-corrected chi connectivity index (χ0v) is 14.6. The Morgan fingerprint density at radius 1 is 1.21 bits per heavy atom. The van der Waals surface area contributed by atoms with Crippen LogP contribution in [0.2, 0.25) is 0 Å². The van der Waals surface area contributed by atoms with Crippen molar-refractivity contribution in [2.45, 2.75) is 6.18 Å². The number of halogens is 4. The maximum absolute atomic E-state index is 12.9. The van der Waals surface area contributed by atoms with E-state index in [0.29, 0.717) is 22.2 Å². The third kappa shape index (κ3) is 4.04. The molecule has 0 aliphatic carbocycles. The van der Waals surface area contributed by atoms with Gasteiger partial charge in [0, 0.05) is 24.2 Å². The highest BCUT2D eigenvalue weighted by atomic mass is 19.4. The molecule has 2 heterocycles. The minimum Gasteiger partial charge on any atom is -0.334 e. The first kappa shape index (κ1) is 19.2. The molecule has 0 unspecified atom stereocenters. The minimum absolute atomic E-state index is 0.264. The van der Waals surface area contributed by atoms with Gasteiger partial charge in [0.2, 0.25) is 0 Å². The van der Waals surface area contributed by atoms with Crippen molar-refractivity contribution in [3.05, 3.63) is 71.8 Å². The second kappa shape index (κ2) is 7.19. The van der Waals surface area contributed by atoms with Gasteiger partial charge >= 0.3 is 6.18 Å². The van der Waals surface area contributed by atoms with Gasteiger partial charge < -0.3 is 9.88 Å². The number of aromatic nitrogens is 2. The Morgan fingerprint density at radius 3 is 2.50 bits per heavy atom. The predicted octanol–water partition coefficient (Wildman–Crippen LogP) is 4.41. The van der Waals surface area contributed by atoms with Crippen molar-refractivity contribution < 1.29 is 22.4 Å². The Balaban J connectivity index is 1.94. The number of alkyl halides is 3. The molecule has 0 saturated carbocycles. The molecule has 0 spiro atoms. The van der Waals surface area contributed by atoms with Crippen LogP contribution in [0.15, 0.2) is 55.1 Å². The Kier molecular flexibility index (Phi) is 4.92. The summed E-state index contributed by atoms with van der Waals surface area (Å²) in [6.45, 7) is 2.92. The molecule has 4 nitrogen and oxygen atoms in total. The summed E-state index contributed by atoms with van der Waals surface area (Å²) in [4.78, 5) is 15.6. The summed E-state index contributed by atoms with van der Waals surface area (Å²) in [5.41, 5.74) is 1.06. The summed E-state index contributed by atoms with van der Waals surface area (Å²) >= 11 is 0. The van der Waals surface area contributed by atoms with E-state index in [1.54, 1.807) is 23.9 Å². The summed E-state index contributed by atoms with van der Waals surface area (Å²) in [7, 11) is 1.75. The molecule has 0 saturated heterocycles. The molecular formula is C20H13F4N3O. The van der Waals surface area contributed by atoms with Crippen LogP contribution in [-0.2, 0) is 18.0 Å². The van der Waals surface area contributed by atoms with Gasteiger partial charge in [-0.05, 0) is 30.3 Å². The lowest BCUT2D eigenvalue weighted by Gasteiger charge is -2.05. The molecule has 2 aromatic heterocycles. The number of rotatable bonds is 2. The SMILES string of the molecule is C=C(F)C(=O)Nc1cnc2c(c1)c(C#Cc1ccc(C(F)(F)F)cc1)cn2C. The third-order valence-electron chi connectivity index (χ3n) is 3.87.